The van der Waals surface area contributed by atoms with Gasteiger partial charge in [-0.3, -0.25) is 9.59 Å². The van der Waals surface area contributed by atoms with Crippen molar-refractivity contribution in [2.75, 3.05) is 7.11 Å². The molecule has 0 radical (unpaired) electrons. The Morgan fingerprint density at radius 1 is 1.18 bits per heavy atom. The van der Waals surface area contributed by atoms with Crippen molar-refractivity contribution in [3.8, 4) is 0 Å². The van der Waals surface area contributed by atoms with Gasteiger partial charge in [0.15, 0.2) is 5.78 Å². The Bertz CT molecular complexity index is 452. The summed E-state index contributed by atoms with van der Waals surface area (Å²) in [6.45, 7) is 3.74. The molecule has 0 unspecified atom stereocenters. The lowest BCUT2D eigenvalue weighted by Gasteiger charge is -2.07. The number of Topliss-reactive ketones (excluding diaryl/α,β-unsaturated/α-hetero) is 1. The van der Waals surface area contributed by atoms with Gasteiger partial charge in [0, 0.05) is 17.0 Å². The summed E-state index contributed by atoms with van der Waals surface area (Å²) in [7, 11) is 1.31. The molecular formula is C13H15ClO3. The second-order valence-corrected chi connectivity index (χ2v) is 4.32. The van der Waals surface area contributed by atoms with Gasteiger partial charge in [-0.1, -0.05) is 17.7 Å². The monoisotopic (exact) mass is 254 g/mol. The zero-order chi connectivity index (χ0) is 13.0. The van der Waals surface area contributed by atoms with Crippen molar-refractivity contribution in [1.82, 2.24) is 0 Å². The van der Waals surface area contributed by atoms with Gasteiger partial charge in [-0.15, -0.1) is 0 Å². The van der Waals surface area contributed by atoms with Gasteiger partial charge >= 0.3 is 5.97 Å². The Labute approximate surface area is 106 Å². The molecule has 0 aliphatic carbocycles. The highest BCUT2D eigenvalue weighted by Crippen LogP contribution is 2.21. The predicted octanol–water partition coefficient (Wildman–Crippen LogP) is 3.09. The standard InChI is InChI=1S/C13H15ClO3/c1-8-6-9(2)11(14)7-10(8)12(15)4-5-13(16)17-3/h6-7H,4-5H2,1-3H3. The van der Waals surface area contributed by atoms with Crippen LogP contribution in [-0.4, -0.2) is 18.9 Å². The average Bonchev–Trinajstić information content (AvgIpc) is 2.30. The summed E-state index contributed by atoms with van der Waals surface area (Å²) in [6.07, 6.45) is 0.243. The van der Waals surface area contributed by atoms with E-state index in [1.165, 1.54) is 7.11 Å². The predicted molar refractivity (Wildman–Crippen MR) is 66.5 cm³/mol. The average molecular weight is 255 g/mol. The van der Waals surface area contributed by atoms with Crippen molar-refractivity contribution in [1.29, 1.82) is 0 Å². The molecule has 0 fully saturated rings. The van der Waals surface area contributed by atoms with Crippen LogP contribution in [0.4, 0.5) is 0 Å². The summed E-state index contributed by atoms with van der Waals surface area (Å²) in [5.74, 6) is -0.469. The van der Waals surface area contributed by atoms with E-state index in [1.807, 2.05) is 19.9 Å². The molecule has 1 aromatic rings. The molecule has 1 aromatic carbocycles. The highest BCUT2D eigenvalue weighted by Gasteiger charge is 2.13. The number of aryl methyl sites for hydroxylation is 2. The van der Waals surface area contributed by atoms with Crippen LogP contribution in [0.5, 0.6) is 0 Å². The summed E-state index contributed by atoms with van der Waals surface area (Å²) in [5.41, 5.74) is 2.39. The molecule has 0 saturated carbocycles. The van der Waals surface area contributed by atoms with Crippen LogP contribution in [0.2, 0.25) is 5.02 Å². The lowest BCUT2D eigenvalue weighted by molar-refractivity contribution is -0.140. The van der Waals surface area contributed by atoms with Crippen LogP contribution in [0, 0.1) is 13.8 Å². The molecule has 0 atom stereocenters. The van der Waals surface area contributed by atoms with Gasteiger partial charge < -0.3 is 4.74 Å². The Balaban J connectivity index is 2.82. The largest absolute Gasteiger partial charge is 0.469 e. The van der Waals surface area contributed by atoms with Gasteiger partial charge in [0.2, 0.25) is 0 Å². The number of methoxy groups -OCH3 is 1. The maximum atomic E-state index is 11.9. The van der Waals surface area contributed by atoms with Crippen LogP contribution in [-0.2, 0) is 9.53 Å². The summed E-state index contributed by atoms with van der Waals surface area (Å²) >= 11 is 5.98. The van der Waals surface area contributed by atoms with Crippen LogP contribution >= 0.6 is 11.6 Å². The third kappa shape index (κ3) is 3.56. The fourth-order valence-corrected chi connectivity index (χ4v) is 1.74. The van der Waals surface area contributed by atoms with Crippen molar-refractivity contribution in [3.63, 3.8) is 0 Å². The van der Waals surface area contributed by atoms with Crippen molar-refractivity contribution in [2.45, 2.75) is 26.7 Å². The van der Waals surface area contributed by atoms with E-state index < -0.39 is 0 Å². The number of halogens is 1. The second kappa shape index (κ2) is 5.82. The van der Waals surface area contributed by atoms with Gasteiger partial charge in [0.25, 0.3) is 0 Å². The van der Waals surface area contributed by atoms with Gasteiger partial charge in [-0.25, -0.2) is 0 Å². The van der Waals surface area contributed by atoms with Gasteiger partial charge in [-0.2, -0.15) is 0 Å². The molecular weight excluding hydrogens is 240 g/mol. The number of esters is 1. The van der Waals surface area contributed by atoms with E-state index in [4.69, 9.17) is 11.6 Å². The molecule has 0 spiro atoms. The van der Waals surface area contributed by atoms with Crippen LogP contribution in [0.1, 0.15) is 34.3 Å². The number of rotatable bonds is 4. The summed E-state index contributed by atoms with van der Waals surface area (Å²) < 4.78 is 4.49. The topological polar surface area (TPSA) is 43.4 Å². The van der Waals surface area contributed by atoms with Crippen LogP contribution in [0.25, 0.3) is 0 Å². The first-order valence-corrected chi connectivity index (χ1v) is 5.70. The molecule has 0 N–H and O–H groups in total. The van der Waals surface area contributed by atoms with E-state index >= 15 is 0 Å². The Morgan fingerprint density at radius 2 is 1.82 bits per heavy atom. The van der Waals surface area contributed by atoms with Gasteiger partial charge in [0.1, 0.15) is 0 Å². The van der Waals surface area contributed by atoms with Crippen LogP contribution < -0.4 is 0 Å². The van der Waals surface area contributed by atoms with E-state index in [1.54, 1.807) is 6.07 Å². The minimum atomic E-state index is -0.380. The fourth-order valence-electron chi connectivity index (χ4n) is 1.58. The first kappa shape index (κ1) is 13.7. The third-order valence-electron chi connectivity index (χ3n) is 2.59. The van der Waals surface area contributed by atoms with E-state index in [2.05, 4.69) is 4.74 Å². The number of benzene rings is 1. The number of ether oxygens (including phenoxy) is 1. The molecule has 4 heteroatoms. The van der Waals surface area contributed by atoms with E-state index in [0.717, 1.165) is 11.1 Å². The van der Waals surface area contributed by atoms with Crippen molar-refractivity contribution >= 4 is 23.4 Å². The lowest BCUT2D eigenvalue weighted by atomic mass is 9.99. The molecule has 3 nitrogen and oxygen atoms in total. The SMILES string of the molecule is COC(=O)CCC(=O)c1cc(Cl)c(C)cc1C. The molecule has 92 valence electrons. The normalized spacial score (nSPS) is 10.1. The zero-order valence-corrected chi connectivity index (χ0v) is 10.9. The van der Waals surface area contributed by atoms with E-state index in [0.29, 0.717) is 10.6 Å². The first-order chi connectivity index (χ1) is 7.95. The summed E-state index contributed by atoms with van der Waals surface area (Å²) in [6, 6.07) is 3.53. The van der Waals surface area contributed by atoms with Gasteiger partial charge in [0.05, 0.1) is 13.5 Å². The van der Waals surface area contributed by atoms with Crippen molar-refractivity contribution in [2.24, 2.45) is 0 Å². The number of hydrogen-bond acceptors (Lipinski definition) is 3. The molecule has 0 aliphatic rings. The first-order valence-electron chi connectivity index (χ1n) is 5.32. The third-order valence-corrected chi connectivity index (χ3v) is 3.00. The molecule has 0 heterocycles. The highest BCUT2D eigenvalue weighted by molar-refractivity contribution is 6.31. The highest BCUT2D eigenvalue weighted by atomic mass is 35.5. The Kier molecular flexibility index (Phi) is 4.70. The van der Waals surface area contributed by atoms with Gasteiger partial charge in [-0.05, 0) is 31.0 Å². The number of hydrogen-bond donors (Lipinski definition) is 0. The summed E-state index contributed by atoms with van der Waals surface area (Å²) in [4.78, 5) is 22.8. The maximum Gasteiger partial charge on any atom is 0.305 e. The smallest absolute Gasteiger partial charge is 0.305 e. The van der Waals surface area contributed by atoms with E-state index in [-0.39, 0.29) is 24.6 Å². The second-order valence-electron chi connectivity index (χ2n) is 3.92. The molecule has 0 aromatic heterocycles. The van der Waals surface area contributed by atoms with Crippen molar-refractivity contribution in [3.05, 3.63) is 33.8 Å². The molecule has 0 saturated heterocycles. The maximum absolute atomic E-state index is 11.9. The molecule has 0 aliphatic heterocycles. The Hall–Kier alpha value is -1.35. The number of ketones is 1. The minimum absolute atomic E-state index is 0.0881. The molecule has 0 bridgehead atoms. The fraction of sp³-hybridized carbons (Fsp3) is 0.385. The van der Waals surface area contributed by atoms with Crippen LogP contribution in [0.15, 0.2) is 12.1 Å². The summed E-state index contributed by atoms with van der Waals surface area (Å²) in [5, 5.41) is 0.567. The lowest BCUT2D eigenvalue weighted by Crippen LogP contribution is -2.07. The Morgan fingerprint density at radius 3 is 2.41 bits per heavy atom. The molecule has 17 heavy (non-hydrogen) atoms. The van der Waals surface area contributed by atoms with E-state index in [9.17, 15) is 9.59 Å². The van der Waals surface area contributed by atoms with Crippen LogP contribution in [0.3, 0.4) is 0 Å². The minimum Gasteiger partial charge on any atom is -0.469 e. The molecule has 0 amide bonds. The number of carbonyl (C=O) groups is 2. The van der Waals surface area contributed by atoms with Crippen molar-refractivity contribution < 1.29 is 14.3 Å². The number of carbonyl (C=O) groups excluding carboxylic acids is 2. The quantitative estimate of drug-likeness (QED) is 0.613. The molecule has 1 rings (SSSR count). The zero-order valence-electron chi connectivity index (χ0n) is 10.2.